The molecule has 1 heterocycles. The zero-order valence-electron chi connectivity index (χ0n) is 14.0. The van der Waals surface area contributed by atoms with Gasteiger partial charge in [-0.3, -0.25) is 0 Å². The van der Waals surface area contributed by atoms with Crippen molar-refractivity contribution in [2.24, 2.45) is 0 Å². The van der Waals surface area contributed by atoms with Crippen LogP contribution in [0.2, 0.25) is 10.0 Å². The third-order valence-electron chi connectivity index (χ3n) is 4.21. The number of ether oxygens (including phenoxy) is 1. The number of para-hydroxylation sites is 1. The van der Waals surface area contributed by atoms with Crippen molar-refractivity contribution in [1.82, 2.24) is 15.0 Å². The number of hydrogen-bond acceptors (Lipinski definition) is 4. The van der Waals surface area contributed by atoms with E-state index >= 15 is 0 Å². The second-order valence-corrected chi connectivity index (χ2v) is 6.56. The van der Waals surface area contributed by atoms with Crippen LogP contribution in [0.3, 0.4) is 0 Å². The Labute approximate surface area is 161 Å². The molecule has 0 saturated carbocycles. The van der Waals surface area contributed by atoms with Crippen molar-refractivity contribution in [2.75, 3.05) is 7.11 Å². The largest absolute Gasteiger partial charge is 0.374 e. The maximum Gasteiger partial charge on any atom is 0.120 e. The number of aldehydes is 1. The van der Waals surface area contributed by atoms with Crippen molar-refractivity contribution < 1.29 is 9.53 Å². The van der Waals surface area contributed by atoms with Gasteiger partial charge in [-0.2, -0.15) is 0 Å². The lowest BCUT2D eigenvalue weighted by atomic mass is 9.89. The van der Waals surface area contributed by atoms with E-state index in [9.17, 15) is 4.79 Å². The minimum absolute atomic E-state index is 0.256. The van der Waals surface area contributed by atoms with Crippen LogP contribution in [0.15, 0.2) is 54.7 Å². The highest BCUT2D eigenvalue weighted by Gasteiger charge is 2.29. The first-order valence-corrected chi connectivity index (χ1v) is 8.78. The van der Waals surface area contributed by atoms with Crippen molar-refractivity contribution in [3.05, 3.63) is 76.0 Å². The van der Waals surface area contributed by atoms with Crippen molar-refractivity contribution in [3.8, 4) is 5.69 Å². The number of hydrogen-bond donors (Lipinski definition) is 0. The van der Waals surface area contributed by atoms with Crippen LogP contribution in [-0.4, -0.2) is 28.4 Å². The van der Waals surface area contributed by atoms with Gasteiger partial charge < -0.3 is 9.53 Å². The monoisotopic (exact) mass is 389 g/mol. The number of carbonyl (C=O) groups is 1. The number of carbonyl (C=O) groups excluding carboxylic acids is 1. The first kappa shape index (κ1) is 18.6. The first-order valence-electron chi connectivity index (χ1n) is 8.03. The molecule has 134 valence electrons. The van der Waals surface area contributed by atoms with Crippen molar-refractivity contribution in [1.29, 1.82) is 0 Å². The highest BCUT2D eigenvalue weighted by Crippen LogP contribution is 2.38. The number of nitrogens with zero attached hydrogens (tertiary/aromatic N) is 3. The lowest BCUT2D eigenvalue weighted by Crippen LogP contribution is -2.18. The summed E-state index contributed by atoms with van der Waals surface area (Å²) in [6.07, 6.45) is 2.34. The van der Waals surface area contributed by atoms with Gasteiger partial charge in [0.15, 0.2) is 0 Å². The number of aromatic nitrogens is 3. The van der Waals surface area contributed by atoms with E-state index in [1.54, 1.807) is 30.1 Å². The molecule has 0 fully saturated rings. The van der Waals surface area contributed by atoms with Crippen LogP contribution in [0.5, 0.6) is 0 Å². The summed E-state index contributed by atoms with van der Waals surface area (Å²) in [7, 11) is 1.60. The zero-order valence-corrected chi connectivity index (χ0v) is 15.6. The number of halogens is 2. The van der Waals surface area contributed by atoms with Gasteiger partial charge in [0.25, 0.3) is 0 Å². The van der Waals surface area contributed by atoms with E-state index < -0.39 is 6.10 Å². The molecule has 0 bridgehead atoms. The molecular formula is C19H17Cl2N3O2. The number of rotatable bonds is 7. The second kappa shape index (κ2) is 8.45. The van der Waals surface area contributed by atoms with Crippen LogP contribution in [0, 0.1) is 0 Å². The Morgan fingerprint density at radius 1 is 1.15 bits per heavy atom. The Morgan fingerprint density at radius 3 is 2.58 bits per heavy atom. The van der Waals surface area contributed by atoms with Crippen molar-refractivity contribution >= 4 is 29.5 Å². The van der Waals surface area contributed by atoms with Gasteiger partial charge in [0.1, 0.15) is 12.4 Å². The lowest BCUT2D eigenvalue weighted by Gasteiger charge is -2.25. The molecule has 2 atom stereocenters. The van der Waals surface area contributed by atoms with E-state index in [1.807, 2.05) is 36.4 Å². The van der Waals surface area contributed by atoms with Gasteiger partial charge in [-0.15, -0.1) is 5.10 Å². The summed E-state index contributed by atoms with van der Waals surface area (Å²) in [5, 5.41) is 9.11. The van der Waals surface area contributed by atoms with Crippen LogP contribution in [0.25, 0.3) is 5.69 Å². The Kier molecular flexibility index (Phi) is 6.04. The fraction of sp³-hybridized carbons (Fsp3) is 0.211. The van der Waals surface area contributed by atoms with Crippen LogP contribution in [0.1, 0.15) is 29.7 Å². The lowest BCUT2D eigenvalue weighted by molar-refractivity contribution is -0.108. The molecule has 5 nitrogen and oxygen atoms in total. The molecule has 0 amide bonds. The highest BCUT2D eigenvalue weighted by atomic mass is 35.5. The molecule has 3 aromatic rings. The predicted octanol–water partition coefficient (Wildman–Crippen LogP) is 4.63. The SMILES string of the molecule is CO[C@H](c1cnnn1-c1ccccc1)[C@@H](CC=O)c1ccc(Cl)c(Cl)c1. The summed E-state index contributed by atoms with van der Waals surface area (Å²) in [5.74, 6) is -0.256. The Hall–Kier alpha value is -2.21. The van der Waals surface area contributed by atoms with Gasteiger partial charge in [0.05, 0.1) is 27.6 Å². The van der Waals surface area contributed by atoms with E-state index in [-0.39, 0.29) is 12.3 Å². The van der Waals surface area contributed by atoms with Gasteiger partial charge >= 0.3 is 0 Å². The van der Waals surface area contributed by atoms with Crippen LogP contribution < -0.4 is 0 Å². The molecule has 0 spiro atoms. The van der Waals surface area contributed by atoms with Crippen LogP contribution in [0.4, 0.5) is 0 Å². The van der Waals surface area contributed by atoms with Gasteiger partial charge in [-0.25, -0.2) is 4.68 Å². The average molecular weight is 390 g/mol. The molecule has 3 rings (SSSR count). The number of benzene rings is 2. The maximum atomic E-state index is 11.3. The van der Waals surface area contributed by atoms with E-state index in [0.29, 0.717) is 10.0 Å². The molecule has 7 heteroatoms. The summed E-state index contributed by atoms with van der Waals surface area (Å²) in [6, 6.07) is 15.0. The quantitative estimate of drug-likeness (QED) is 0.552. The Morgan fingerprint density at radius 2 is 1.92 bits per heavy atom. The first-order chi connectivity index (χ1) is 12.7. The van der Waals surface area contributed by atoms with Gasteiger partial charge in [-0.1, -0.05) is 52.7 Å². The maximum absolute atomic E-state index is 11.3. The molecule has 0 aliphatic heterocycles. The summed E-state index contributed by atoms with van der Waals surface area (Å²) >= 11 is 12.2. The van der Waals surface area contributed by atoms with Gasteiger partial charge in [0.2, 0.25) is 0 Å². The normalized spacial score (nSPS) is 13.3. The average Bonchev–Trinajstić information content (AvgIpc) is 3.14. The van der Waals surface area contributed by atoms with Gasteiger partial charge in [0, 0.05) is 19.4 Å². The van der Waals surface area contributed by atoms with E-state index in [0.717, 1.165) is 23.2 Å². The van der Waals surface area contributed by atoms with Crippen molar-refractivity contribution in [2.45, 2.75) is 18.4 Å². The smallest absolute Gasteiger partial charge is 0.120 e. The van der Waals surface area contributed by atoms with Crippen LogP contribution >= 0.6 is 23.2 Å². The molecule has 1 aromatic heterocycles. The fourth-order valence-electron chi connectivity index (χ4n) is 2.98. The topological polar surface area (TPSA) is 57.0 Å². The summed E-state index contributed by atoms with van der Waals surface area (Å²) in [6.45, 7) is 0. The molecule has 0 N–H and O–H groups in total. The predicted molar refractivity (Wildman–Crippen MR) is 101 cm³/mol. The molecule has 0 aliphatic carbocycles. The Bertz CT molecular complexity index is 884. The van der Waals surface area contributed by atoms with Crippen molar-refractivity contribution in [3.63, 3.8) is 0 Å². The molecule has 0 radical (unpaired) electrons. The van der Waals surface area contributed by atoms with E-state index in [2.05, 4.69) is 10.3 Å². The summed E-state index contributed by atoms with van der Waals surface area (Å²) < 4.78 is 7.47. The fourth-order valence-corrected chi connectivity index (χ4v) is 3.29. The summed E-state index contributed by atoms with van der Waals surface area (Å²) in [5.41, 5.74) is 2.47. The highest BCUT2D eigenvalue weighted by molar-refractivity contribution is 6.42. The minimum atomic E-state index is -0.437. The standard InChI is InChI=1S/C19H17Cl2N3O2/c1-26-19(15(9-10-25)13-7-8-16(20)17(21)11-13)18-12-22-23-24(18)14-5-3-2-4-6-14/h2-8,10-12,15,19H,9H2,1H3/t15-,19-/m0/s1. The minimum Gasteiger partial charge on any atom is -0.374 e. The summed E-state index contributed by atoms with van der Waals surface area (Å²) in [4.78, 5) is 11.3. The van der Waals surface area contributed by atoms with E-state index in [1.165, 1.54) is 0 Å². The Balaban J connectivity index is 2.04. The van der Waals surface area contributed by atoms with Gasteiger partial charge in [-0.05, 0) is 29.8 Å². The zero-order chi connectivity index (χ0) is 18.5. The molecule has 2 aromatic carbocycles. The third-order valence-corrected chi connectivity index (χ3v) is 4.95. The second-order valence-electron chi connectivity index (χ2n) is 5.74. The molecule has 0 aliphatic rings. The number of methoxy groups -OCH3 is 1. The van der Waals surface area contributed by atoms with E-state index in [4.69, 9.17) is 27.9 Å². The molecule has 0 unspecified atom stereocenters. The molecule has 0 saturated heterocycles. The molecule has 26 heavy (non-hydrogen) atoms. The molecular weight excluding hydrogens is 373 g/mol. The third kappa shape index (κ3) is 3.80. The van der Waals surface area contributed by atoms with Crippen LogP contribution in [-0.2, 0) is 9.53 Å².